The summed E-state index contributed by atoms with van der Waals surface area (Å²) in [7, 11) is 0. The van der Waals surface area contributed by atoms with Gasteiger partial charge in [-0.05, 0) is 41.8 Å². The minimum atomic E-state index is -1.20. The maximum absolute atomic E-state index is 12.4. The molecule has 7 heteroatoms. The predicted molar refractivity (Wildman–Crippen MR) is 89.5 cm³/mol. The van der Waals surface area contributed by atoms with Gasteiger partial charge >= 0.3 is 6.09 Å². The fraction of sp³-hybridized carbons (Fsp3) is 0. The third kappa shape index (κ3) is 3.24. The van der Waals surface area contributed by atoms with Crippen LogP contribution >= 0.6 is 11.3 Å². The van der Waals surface area contributed by atoms with E-state index < -0.39 is 6.09 Å². The van der Waals surface area contributed by atoms with Crippen LogP contribution in [0.3, 0.4) is 0 Å². The normalized spacial score (nSPS) is 10.4. The van der Waals surface area contributed by atoms with Crippen LogP contribution in [0.15, 0.2) is 48.5 Å². The first-order valence-corrected chi connectivity index (χ1v) is 7.47. The van der Waals surface area contributed by atoms with Crippen molar-refractivity contribution in [2.75, 3.05) is 10.6 Å². The van der Waals surface area contributed by atoms with Crippen LogP contribution in [-0.2, 0) is 0 Å². The van der Waals surface area contributed by atoms with Crippen LogP contribution in [0.5, 0.6) is 5.75 Å². The van der Waals surface area contributed by atoms with E-state index in [0.29, 0.717) is 16.3 Å². The fourth-order valence-corrected chi connectivity index (χ4v) is 3.08. The molecule has 0 aliphatic heterocycles. The number of phenolic OH excluding ortho intramolecular Hbond substituents is 1. The number of nitrogens with one attached hydrogen (secondary N) is 2. The Hall–Kier alpha value is -3.06. The molecule has 1 aromatic heterocycles. The van der Waals surface area contributed by atoms with Gasteiger partial charge in [-0.3, -0.25) is 10.1 Å². The molecule has 2 aromatic carbocycles. The number of aromatic hydroxyl groups is 1. The smallest absolute Gasteiger partial charge is 0.409 e. The summed E-state index contributed by atoms with van der Waals surface area (Å²) < 4.78 is 0.880. The Morgan fingerprint density at radius 3 is 2.35 bits per heavy atom. The molecule has 0 radical (unpaired) electrons. The molecule has 2 amide bonds. The van der Waals surface area contributed by atoms with E-state index in [1.165, 1.54) is 11.3 Å². The van der Waals surface area contributed by atoms with Gasteiger partial charge in [0.1, 0.15) is 5.75 Å². The summed E-state index contributed by atoms with van der Waals surface area (Å²) in [6.07, 6.45) is -1.20. The molecule has 0 aliphatic rings. The molecule has 0 saturated carbocycles. The Balaban J connectivity index is 1.87. The average Bonchev–Trinajstić information content (AvgIpc) is 2.92. The Bertz CT molecular complexity index is 904. The number of hydrogen-bond donors (Lipinski definition) is 4. The highest BCUT2D eigenvalue weighted by molar-refractivity contribution is 7.20. The van der Waals surface area contributed by atoms with E-state index in [2.05, 4.69) is 10.6 Å². The lowest BCUT2D eigenvalue weighted by Crippen LogP contribution is -2.14. The number of hydrogen-bond acceptors (Lipinski definition) is 4. The summed E-state index contributed by atoms with van der Waals surface area (Å²) in [4.78, 5) is 23.6. The first-order valence-electron chi connectivity index (χ1n) is 6.66. The van der Waals surface area contributed by atoms with Crippen molar-refractivity contribution in [2.45, 2.75) is 0 Å². The van der Waals surface area contributed by atoms with E-state index in [0.717, 1.165) is 10.1 Å². The zero-order valence-electron chi connectivity index (χ0n) is 11.7. The van der Waals surface area contributed by atoms with Gasteiger partial charge in [0.05, 0.1) is 16.3 Å². The van der Waals surface area contributed by atoms with Crippen LogP contribution in [0.25, 0.3) is 10.1 Å². The summed E-state index contributed by atoms with van der Waals surface area (Å²) in [6, 6.07) is 13.1. The van der Waals surface area contributed by atoms with E-state index in [-0.39, 0.29) is 11.7 Å². The number of carboxylic acid groups (broad SMARTS) is 1. The van der Waals surface area contributed by atoms with Gasteiger partial charge in [-0.2, -0.15) is 0 Å². The van der Waals surface area contributed by atoms with Gasteiger partial charge in [0.15, 0.2) is 0 Å². The number of thiophene rings is 1. The third-order valence-electron chi connectivity index (χ3n) is 3.14. The molecule has 1 heterocycles. The van der Waals surface area contributed by atoms with Gasteiger partial charge in [-0.15, -0.1) is 11.3 Å². The van der Waals surface area contributed by atoms with Gasteiger partial charge in [0, 0.05) is 4.70 Å². The van der Waals surface area contributed by atoms with Crippen LogP contribution in [-0.4, -0.2) is 22.2 Å². The zero-order chi connectivity index (χ0) is 16.4. The molecule has 3 rings (SSSR count). The highest BCUT2D eigenvalue weighted by atomic mass is 32.1. The van der Waals surface area contributed by atoms with Crippen LogP contribution in [0, 0.1) is 0 Å². The Morgan fingerprint density at radius 2 is 1.65 bits per heavy atom. The molecule has 0 unspecified atom stereocenters. The van der Waals surface area contributed by atoms with Crippen LogP contribution in [0.1, 0.15) is 9.67 Å². The van der Waals surface area contributed by atoms with Gasteiger partial charge < -0.3 is 15.5 Å². The minimum absolute atomic E-state index is 0.137. The van der Waals surface area contributed by atoms with Gasteiger partial charge in [-0.25, -0.2) is 4.79 Å². The number of anilines is 2. The Labute approximate surface area is 135 Å². The first-order chi connectivity index (χ1) is 11.0. The topological polar surface area (TPSA) is 98.7 Å². The molecule has 0 bridgehead atoms. The van der Waals surface area contributed by atoms with Crippen molar-refractivity contribution in [3.05, 3.63) is 53.4 Å². The minimum Gasteiger partial charge on any atom is -0.508 e. The summed E-state index contributed by atoms with van der Waals surface area (Å²) in [5, 5.41) is 24.0. The van der Waals surface area contributed by atoms with Crippen molar-refractivity contribution in [1.29, 1.82) is 0 Å². The number of para-hydroxylation sites is 2. The van der Waals surface area contributed by atoms with Crippen LogP contribution < -0.4 is 10.6 Å². The number of phenols is 1. The Kier molecular flexibility index (Phi) is 3.86. The second kappa shape index (κ2) is 5.98. The molecule has 3 aromatic rings. The van der Waals surface area contributed by atoms with Gasteiger partial charge in [-0.1, -0.05) is 12.1 Å². The number of rotatable bonds is 3. The molecule has 0 fully saturated rings. The molecule has 0 atom stereocenters. The molecule has 4 N–H and O–H groups in total. The number of benzene rings is 2. The molecule has 23 heavy (non-hydrogen) atoms. The lowest BCUT2D eigenvalue weighted by molar-refractivity contribution is 0.103. The Morgan fingerprint density at radius 1 is 0.957 bits per heavy atom. The lowest BCUT2D eigenvalue weighted by atomic mass is 10.2. The molecular weight excluding hydrogens is 316 g/mol. The quantitative estimate of drug-likeness (QED) is 0.585. The highest BCUT2D eigenvalue weighted by Gasteiger charge is 2.13. The molecule has 0 spiro atoms. The largest absolute Gasteiger partial charge is 0.508 e. The van der Waals surface area contributed by atoms with Gasteiger partial charge in [0.25, 0.3) is 5.91 Å². The molecule has 0 aliphatic carbocycles. The average molecular weight is 328 g/mol. The number of amides is 2. The van der Waals surface area contributed by atoms with Crippen molar-refractivity contribution in [3.63, 3.8) is 0 Å². The maximum atomic E-state index is 12.4. The number of carbonyl (C=O) groups excluding carboxylic acids is 1. The van der Waals surface area contributed by atoms with E-state index in [1.54, 1.807) is 48.5 Å². The second-order valence-corrected chi connectivity index (χ2v) is 5.85. The van der Waals surface area contributed by atoms with Crippen LogP contribution in [0.4, 0.5) is 16.2 Å². The highest BCUT2D eigenvalue weighted by Crippen LogP contribution is 2.30. The van der Waals surface area contributed by atoms with Crippen molar-refractivity contribution < 1.29 is 19.8 Å². The maximum Gasteiger partial charge on any atom is 0.409 e. The van der Waals surface area contributed by atoms with Crippen molar-refractivity contribution in [2.24, 2.45) is 0 Å². The summed E-state index contributed by atoms with van der Waals surface area (Å²) >= 11 is 1.29. The van der Waals surface area contributed by atoms with Crippen LogP contribution in [0.2, 0.25) is 0 Å². The first kappa shape index (κ1) is 14.9. The third-order valence-corrected chi connectivity index (χ3v) is 4.26. The SMILES string of the molecule is O=C(O)Nc1ccccc1NC(=O)c1cc2cc(O)ccc2s1. The summed E-state index contributed by atoms with van der Waals surface area (Å²) in [6.45, 7) is 0. The van der Waals surface area contributed by atoms with E-state index in [9.17, 15) is 14.7 Å². The second-order valence-electron chi connectivity index (χ2n) is 4.76. The standard InChI is InChI=1S/C16H12N2O4S/c19-10-5-6-13-9(7-10)8-14(23-13)15(20)17-11-3-1-2-4-12(11)18-16(21)22/h1-8,18-19H,(H,17,20)(H,21,22). The van der Waals surface area contributed by atoms with E-state index >= 15 is 0 Å². The van der Waals surface area contributed by atoms with Crippen molar-refractivity contribution in [1.82, 2.24) is 0 Å². The number of fused-ring (bicyclic) bond motifs is 1. The molecule has 116 valence electrons. The van der Waals surface area contributed by atoms with Crippen molar-refractivity contribution in [3.8, 4) is 5.75 Å². The fourth-order valence-electron chi connectivity index (χ4n) is 2.14. The summed E-state index contributed by atoms with van der Waals surface area (Å²) in [5.74, 6) is -0.205. The predicted octanol–water partition coefficient (Wildman–Crippen LogP) is 3.95. The number of carbonyl (C=O) groups is 2. The zero-order valence-corrected chi connectivity index (χ0v) is 12.6. The van der Waals surface area contributed by atoms with E-state index in [1.807, 2.05) is 0 Å². The van der Waals surface area contributed by atoms with E-state index in [4.69, 9.17) is 5.11 Å². The molecule has 0 saturated heterocycles. The van der Waals surface area contributed by atoms with Crippen molar-refractivity contribution >= 4 is 44.8 Å². The molecular formula is C16H12N2O4S. The molecule has 6 nitrogen and oxygen atoms in total. The summed E-state index contributed by atoms with van der Waals surface area (Å²) in [5.41, 5.74) is 0.673. The lowest BCUT2D eigenvalue weighted by Gasteiger charge is -2.09. The monoisotopic (exact) mass is 328 g/mol. The van der Waals surface area contributed by atoms with Gasteiger partial charge in [0.2, 0.25) is 0 Å².